The Morgan fingerprint density at radius 2 is 2.15 bits per heavy atom. The molecule has 1 amide bonds. The van der Waals surface area contributed by atoms with Gasteiger partial charge in [-0.3, -0.25) is 4.79 Å². The molecule has 3 rings (SSSR count). The number of nitrogens with one attached hydrogen (secondary N) is 2. The minimum absolute atomic E-state index is 0.00252. The van der Waals surface area contributed by atoms with Crippen molar-refractivity contribution >= 4 is 11.7 Å². The number of halogens is 3. The number of rotatable bonds is 4. The van der Waals surface area contributed by atoms with Crippen molar-refractivity contribution in [3.63, 3.8) is 0 Å². The molecule has 0 saturated heterocycles. The molecule has 1 aliphatic heterocycles. The van der Waals surface area contributed by atoms with E-state index in [1.165, 1.54) is 0 Å². The Labute approximate surface area is 154 Å². The summed E-state index contributed by atoms with van der Waals surface area (Å²) in [6.45, 7) is 1.73. The Morgan fingerprint density at radius 3 is 2.74 bits per heavy atom. The molecule has 1 aromatic heterocycles. The number of hydrogen-bond acceptors (Lipinski definition) is 4. The van der Waals surface area contributed by atoms with E-state index in [1.54, 1.807) is 37.3 Å². The molecule has 1 aromatic carbocycles. The summed E-state index contributed by atoms with van der Waals surface area (Å²) in [5.74, 6) is -0.630. The van der Waals surface area contributed by atoms with Crippen molar-refractivity contribution in [3.05, 3.63) is 47.7 Å². The van der Waals surface area contributed by atoms with E-state index in [9.17, 15) is 18.0 Å². The number of fused-ring (bicyclic) bond motifs is 1. The van der Waals surface area contributed by atoms with E-state index in [0.29, 0.717) is 12.0 Å². The molecule has 2 aromatic rings. The molecule has 0 fully saturated rings. The standard InChI is InChI=1S/C18H18F3N5O/c1-2-12(9-22)24-17(27)13-10-23-26-15(18(19,20)21)8-14(25-16(13)26)11-6-4-3-5-7-11/h3-7,10,12,14-15,25H,2,8H2,1H3,(H,24,27). The van der Waals surface area contributed by atoms with E-state index in [0.717, 1.165) is 10.9 Å². The van der Waals surface area contributed by atoms with Crippen LogP contribution in [-0.4, -0.2) is 27.9 Å². The molecule has 3 unspecified atom stereocenters. The molecule has 6 nitrogen and oxygen atoms in total. The van der Waals surface area contributed by atoms with Gasteiger partial charge in [0, 0.05) is 6.42 Å². The SMILES string of the molecule is CCC(C#N)NC(=O)c1cnn2c1NC(c1ccccc1)CC2C(F)(F)F. The van der Waals surface area contributed by atoms with Gasteiger partial charge in [-0.1, -0.05) is 37.3 Å². The molecule has 27 heavy (non-hydrogen) atoms. The van der Waals surface area contributed by atoms with Crippen molar-refractivity contribution in [1.29, 1.82) is 5.26 Å². The predicted octanol–water partition coefficient (Wildman–Crippen LogP) is 3.58. The average Bonchev–Trinajstić information content (AvgIpc) is 3.09. The van der Waals surface area contributed by atoms with E-state index in [-0.39, 0.29) is 17.8 Å². The monoisotopic (exact) mass is 377 g/mol. The van der Waals surface area contributed by atoms with Gasteiger partial charge in [-0.2, -0.15) is 23.5 Å². The number of nitriles is 1. The fraction of sp³-hybridized carbons (Fsp3) is 0.389. The van der Waals surface area contributed by atoms with Crippen LogP contribution in [-0.2, 0) is 0 Å². The highest BCUT2D eigenvalue weighted by Crippen LogP contribution is 2.44. The second-order valence-corrected chi connectivity index (χ2v) is 6.32. The maximum atomic E-state index is 13.6. The molecular formula is C18H18F3N5O. The van der Waals surface area contributed by atoms with Crippen LogP contribution in [0.4, 0.5) is 19.0 Å². The lowest BCUT2D eigenvalue weighted by molar-refractivity contribution is -0.173. The first-order valence-electron chi connectivity index (χ1n) is 8.51. The minimum Gasteiger partial charge on any atom is -0.363 e. The topological polar surface area (TPSA) is 82.7 Å². The summed E-state index contributed by atoms with van der Waals surface area (Å²) in [6.07, 6.45) is -3.26. The zero-order chi connectivity index (χ0) is 19.6. The van der Waals surface area contributed by atoms with Gasteiger partial charge in [0.2, 0.25) is 0 Å². The molecule has 0 spiro atoms. The summed E-state index contributed by atoms with van der Waals surface area (Å²) < 4.78 is 41.6. The number of alkyl halides is 3. The fourth-order valence-electron chi connectivity index (χ4n) is 3.09. The second-order valence-electron chi connectivity index (χ2n) is 6.32. The number of amides is 1. The van der Waals surface area contributed by atoms with Gasteiger partial charge in [-0.25, -0.2) is 4.68 Å². The van der Waals surface area contributed by atoms with Crippen LogP contribution in [0.3, 0.4) is 0 Å². The zero-order valence-corrected chi connectivity index (χ0v) is 14.5. The molecule has 2 heterocycles. The zero-order valence-electron chi connectivity index (χ0n) is 14.5. The summed E-state index contributed by atoms with van der Waals surface area (Å²) in [7, 11) is 0. The molecule has 9 heteroatoms. The van der Waals surface area contributed by atoms with Crippen molar-refractivity contribution in [1.82, 2.24) is 15.1 Å². The molecule has 0 saturated carbocycles. The Hall–Kier alpha value is -3.02. The Bertz CT molecular complexity index is 856. The number of anilines is 1. The van der Waals surface area contributed by atoms with Crippen molar-refractivity contribution in [2.24, 2.45) is 0 Å². The van der Waals surface area contributed by atoms with E-state index >= 15 is 0 Å². The highest BCUT2D eigenvalue weighted by Gasteiger charge is 2.47. The van der Waals surface area contributed by atoms with E-state index < -0.39 is 30.2 Å². The Morgan fingerprint density at radius 1 is 1.44 bits per heavy atom. The van der Waals surface area contributed by atoms with Crippen LogP contribution >= 0.6 is 0 Å². The lowest BCUT2D eigenvalue weighted by Gasteiger charge is -2.34. The number of nitrogens with zero attached hydrogens (tertiary/aromatic N) is 3. The first kappa shape index (κ1) is 18.8. The summed E-state index contributed by atoms with van der Waals surface area (Å²) in [4.78, 5) is 12.5. The van der Waals surface area contributed by atoms with Crippen molar-refractivity contribution in [2.45, 2.75) is 44.1 Å². The van der Waals surface area contributed by atoms with Gasteiger partial charge >= 0.3 is 6.18 Å². The Balaban J connectivity index is 1.98. The van der Waals surface area contributed by atoms with Crippen LogP contribution in [0, 0.1) is 11.3 Å². The number of benzene rings is 1. The third-order valence-electron chi connectivity index (χ3n) is 4.55. The van der Waals surface area contributed by atoms with Gasteiger partial charge in [-0.05, 0) is 12.0 Å². The summed E-state index contributed by atoms with van der Waals surface area (Å²) in [6, 6.07) is 7.49. The first-order valence-corrected chi connectivity index (χ1v) is 8.51. The number of carbonyl (C=O) groups excluding carboxylic acids is 1. The maximum Gasteiger partial charge on any atom is 0.410 e. The molecule has 1 aliphatic rings. The first-order chi connectivity index (χ1) is 12.8. The highest BCUT2D eigenvalue weighted by atomic mass is 19.4. The van der Waals surface area contributed by atoms with Crippen LogP contribution < -0.4 is 10.6 Å². The summed E-state index contributed by atoms with van der Waals surface area (Å²) >= 11 is 0. The predicted molar refractivity (Wildman–Crippen MR) is 91.9 cm³/mol. The van der Waals surface area contributed by atoms with E-state index in [4.69, 9.17) is 5.26 Å². The van der Waals surface area contributed by atoms with E-state index in [2.05, 4.69) is 15.7 Å². The third kappa shape index (κ3) is 3.74. The van der Waals surface area contributed by atoms with Gasteiger partial charge in [0.25, 0.3) is 5.91 Å². The molecular weight excluding hydrogens is 359 g/mol. The molecule has 0 bridgehead atoms. The van der Waals surface area contributed by atoms with Crippen molar-refractivity contribution < 1.29 is 18.0 Å². The van der Waals surface area contributed by atoms with Crippen LogP contribution in [0.2, 0.25) is 0 Å². The van der Waals surface area contributed by atoms with Crippen LogP contribution in [0.25, 0.3) is 0 Å². The number of hydrogen-bond donors (Lipinski definition) is 2. The molecule has 3 atom stereocenters. The summed E-state index contributed by atoms with van der Waals surface area (Å²) in [5.41, 5.74) is 0.674. The lowest BCUT2D eigenvalue weighted by Crippen LogP contribution is -2.37. The van der Waals surface area contributed by atoms with Crippen molar-refractivity contribution in [2.75, 3.05) is 5.32 Å². The Kier molecular flexibility index (Phi) is 5.08. The maximum absolute atomic E-state index is 13.6. The average molecular weight is 377 g/mol. The molecule has 2 N–H and O–H groups in total. The molecule has 142 valence electrons. The van der Waals surface area contributed by atoms with Crippen LogP contribution in [0.15, 0.2) is 36.5 Å². The minimum atomic E-state index is -4.51. The van der Waals surface area contributed by atoms with Crippen molar-refractivity contribution in [3.8, 4) is 6.07 Å². The normalized spacial score (nSPS) is 20.1. The smallest absolute Gasteiger partial charge is 0.363 e. The largest absolute Gasteiger partial charge is 0.410 e. The van der Waals surface area contributed by atoms with Crippen LogP contribution in [0.1, 0.15) is 47.8 Å². The fourth-order valence-corrected chi connectivity index (χ4v) is 3.09. The van der Waals surface area contributed by atoms with E-state index in [1.807, 2.05) is 6.07 Å². The molecule has 0 radical (unpaired) electrons. The third-order valence-corrected chi connectivity index (χ3v) is 4.55. The molecule has 0 aliphatic carbocycles. The second kappa shape index (κ2) is 7.31. The highest BCUT2D eigenvalue weighted by molar-refractivity contribution is 5.99. The van der Waals surface area contributed by atoms with Gasteiger partial charge < -0.3 is 10.6 Å². The van der Waals surface area contributed by atoms with Gasteiger partial charge in [0.1, 0.15) is 17.4 Å². The van der Waals surface area contributed by atoms with Crippen LogP contribution in [0.5, 0.6) is 0 Å². The van der Waals surface area contributed by atoms with Gasteiger partial charge in [0.15, 0.2) is 6.04 Å². The quantitative estimate of drug-likeness (QED) is 0.853. The number of aromatic nitrogens is 2. The summed E-state index contributed by atoms with van der Waals surface area (Å²) in [5, 5.41) is 18.3. The lowest BCUT2D eigenvalue weighted by atomic mass is 9.96. The number of carbonyl (C=O) groups is 1. The van der Waals surface area contributed by atoms with Gasteiger partial charge in [0.05, 0.1) is 18.3 Å². The van der Waals surface area contributed by atoms with Gasteiger partial charge in [-0.15, -0.1) is 0 Å².